The Labute approximate surface area is 197 Å². The zero-order valence-corrected chi connectivity index (χ0v) is 22.1. The number of para-hydroxylation sites is 2. The van der Waals surface area contributed by atoms with Crippen molar-refractivity contribution in [3.8, 4) is 11.5 Å². The average molecular weight is 461 g/mol. The molecule has 178 valence electrons. The predicted molar refractivity (Wildman–Crippen MR) is 137 cm³/mol. The Bertz CT molecular complexity index is 727. The van der Waals surface area contributed by atoms with E-state index in [2.05, 4.69) is 91.8 Å². The molecule has 0 saturated heterocycles. The van der Waals surface area contributed by atoms with E-state index >= 15 is 4.20 Å². The Morgan fingerprint density at radius 2 is 0.844 bits per heavy atom. The maximum absolute atomic E-state index is 15.6. The maximum Gasteiger partial charge on any atom is 0.505 e. The molecular formula is C28H42FO2P. The molecule has 0 spiro atoms. The lowest BCUT2D eigenvalue weighted by Gasteiger charge is -2.25. The molecule has 2 nitrogen and oxygen atoms in total. The van der Waals surface area contributed by atoms with Crippen LogP contribution in [0.3, 0.4) is 0 Å². The summed E-state index contributed by atoms with van der Waals surface area (Å²) >= 11 is 0. The van der Waals surface area contributed by atoms with E-state index in [1.165, 1.54) is 0 Å². The van der Waals surface area contributed by atoms with E-state index in [0.29, 0.717) is 35.2 Å². The van der Waals surface area contributed by atoms with Gasteiger partial charge in [0.2, 0.25) is 0 Å². The molecule has 0 aromatic heterocycles. The van der Waals surface area contributed by atoms with Crippen molar-refractivity contribution in [2.75, 3.05) is 0 Å². The first-order chi connectivity index (χ1) is 15.3. The van der Waals surface area contributed by atoms with E-state index in [0.717, 1.165) is 47.9 Å². The van der Waals surface area contributed by atoms with Gasteiger partial charge in [-0.15, -0.1) is 4.20 Å². The quantitative estimate of drug-likeness (QED) is 0.293. The molecule has 0 aliphatic heterocycles. The molecule has 0 bridgehead atoms. The minimum atomic E-state index is -2.62. The fourth-order valence-electron chi connectivity index (χ4n) is 3.95. The summed E-state index contributed by atoms with van der Waals surface area (Å²) in [6, 6.07) is 12.4. The first-order valence-corrected chi connectivity index (χ1v) is 13.4. The number of halogens is 1. The molecule has 0 N–H and O–H groups in total. The van der Waals surface area contributed by atoms with Crippen molar-refractivity contribution in [3.63, 3.8) is 0 Å². The Balaban J connectivity index is 2.46. The zero-order chi connectivity index (χ0) is 23.8. The second-order valence-corrected chi connectivity index (χ2v) is 9.95. The van der Waals surface area contributed by atoms with Gasteiger partial charge in [0.25, 0.3) is 0 Å². The predicted octanol–water partition coefficient (Wildman–Crippen LogP) is 10.4. The standard InChI is InChI=1S/C28H42FO2P/c1-9-19(5)23-15-13-16-24(20(6)10-2)27(23)30-32(29)31-28-25(21(7)11-3)17-14-18-26(28)22(8)12-4/h13-22H,9-12H2,1-8H3. The molecule has 4 unspecified atom stereocenters. The number of hydrogen-bond acceptors (Lipinski definition) is 2. The molecule has 0 amide bonds. The third-order valence-corrected chi connectivity index (χ3v) is 7.70. The molecule has 0 fully saturated rings. The van der Waals surface area contributed by atoms with Crippen molar-refractivity contribution in [3.05, 3.63) is 58.7 Å². The van der Waals surface area contributed by atoms with Crippen molar-refractivity contribution in [2.45, 2.75) is 105 Å². The zero-order valence-electron chi connectivity index (χ0n) is 21.2. The van der Waals surface area contributed by atoms with Crippen molar-refractivity contribution < 1.29 is 13.2 Å². The van der Waals surface area contributed by atoms with Crippen LogP contribution in [-0.2, 0) is 0 Å². The van der Waals surface area contributed by atoms with Gasteiger partial charge in [-0.3, -0.25) is 0 Å². The number of hydrogen-bond donors (Lipinski definition) is 0. The van der Waals surface area contributed by atoms with Crippen LogP contribution in [0.1, 0.15) is 127 Å². The third-order valence-electron chi connectivity index (χ3n) is 7.05. The third kappa shape index (κ3) is 6.25. The summed E-state index contributed by atoms with van der Waals surface area (Å²) in [5.41, 5.74) is 4.26. The van der Waals surface area contributed by atoms with E-state index in [4.69, 9.17) is 9.05 Å². The van der Waals surface area contributed by atoms with Crippen LogP contribution in [0.15, 0.2) is 36.4 Å². The Morgan fingerprint density at radius 3 is 1.06 bits per heavy atom. The monoisotopic (exact) mass is 460 g/mol. The van der Waals surface area contributed by atoms with Gasteiger partial charge >= 0.3 is 8.69 Å². The fourth-order valence-corrected chi connectivity index (χ4v) is 4.70. The van der Waals surface area contributed by atoms with Crippen LogP contribution in [0.5, 0.6) is 11.5 Å². The Hall–Kier alpha value is -1.60. The molecule has 2 rings (SSSR count). The average Bonchev–Trinajstić information content (AvgIpc) is 2.82. The Kier molecular flexibility index (Phi) is 10.5. The summed E-state index contributed by atoms with van der Waals surface area (Å²) in [6.45, 7) is 17.3. The topological polar surface area (TPSA) is 18.5 Å². The normalized spacial score (nSPS) is 16.2. The highest BCUT2D eigenvalue weighted by Gasteiger charge is 2.26. The maximum atomic E-state index is 15.6. The summed E-state index contributed by atoms with van der Waals surface area (Å²) in [5, 5.41) is 0. The molecule has 0 aliphatic rings. The molecule has 4 heteroatoms. The Morgan fingerprint density at radius 1 is 0.594 bits per heavy atom. The van der Waals surface area contributed by atoms with Crippen LogP contribution in [0, 0.1) is 0 Å². The van der Waals surface area contributed by atoms with Crippen LogP contribution in [-0.4, -0.2) is 0 Å². The van der Waals surface area contributed by atoms with E-state index in [1.807, 2.05) is 0 Å². The summed E-state index contributed by atoms with van der Waals surface area (Å²) in [4.78, 5) is 0. The largest absolute Gasteiger partial charge is 0.505 e. The molecule has 4 atom stereocenters. The van der Waals surface area contributed by atoms with Gasteiger partial charge in [0, 0.05) is 0 Å². The molecule has 0 heterocycles. The number of rotatable bonds is 12. The fraction of sp³-hybridized carbons (Fsp3) is 0.571. The van der Waals surface area contributed by atoms with E-state index < -0.39 is 8.69 Å². The SMILES string of the molecule is CCC(C)c1cccc(C(C)CC)c1OP(F)Oc1c(C(C)CC)cccc1C(C)CC. The van der Waals surface area contributed by atoms with E-state index in [-0.39, 0.29) is 0 Å². The molecule has 0 radical (unpaired) electrons. The highest BCUT2D eigenvalue weighted by molar-refractivity contribution is 7.42. The second-order valence-electron chi connectivity index (χ2n) is 9.16. The van der Waals surface area contributed by atoms with Gasteiger partial charge in [-0.1, -0.05) is 91.8 Å². The van der Waals surface area contributed by atoms with Crippen LogP contribution >= 0.6 is 8.69 Å². The van der Waals surface area contributed by atoms with Gasteiger partial charge in [0.1, 0.15) is 11.5 Å². The van der Waals surface area contributed by atoms with Crippen LogP contribution in [0.25, 0.3) is 0 Å². The molecule has 2 aromatic rings. The minimum Gasteiger partial charge on any atom is -0.414 e. The van der Waals surface area contributed by atoms with E-state index in [1.54, 1.807) is 0 Å². The lowest BCUT2D eigenvalue weighted by atomic mass is 9.90. The van der Waals surface area contributed by atoms with Gasteiger partial charge in [-0.25, -0.2) is 0 Å². The highest BCUT2D eigenvalue weighted by Crippen LogP contribution is 2.50. The molecular weight excluding hydrogens is 418 g/mol. The molecule has 0 saturated carbocycles. The van der Waals surface area contributed by atoms with Gasteiger partial charge in [0.05, 0.1) is 0 Å². The lowest BCUT2D eigenvalue weighted by molar-refractivity contribution is 0.420. The van der Waals surface area contributed by atoms with Crippen molar-refractivity contribution in [2.24, 2.45) is 0 Å². The first kappa shape index (κ1) is 26.7. The van der Waals surface area contributed by atoms with Gasteiger partial charge < -0.3 is 9.05 Å². The lowest BCUT2D eigenvalue weighted by Crippen LogP contribution is -2.06. The molecule has 2 aromatic carbocycles. The number of benzene rings is 2. The second kappa shape index (κ2) is 12.6. The summed E-state index contributed by atoms with van der Waals surface area (Å²) < 4.78 is 27.7. The summed E-state index contributed by atoms with van der Waals surface area (Å²) in [5.74, 6) is 2.52. The van der Waals surface area contributed by atoms with Gasteiger partial charge in [-0.05, 0) is 71.6 Å². The summed E-state index contributed by atoms with van der Waals surface area (Å²) in [6.07, 6.45) is 3.89. The minimum absolute atomic E-state index is 0.292. The molecule has 32 heavy (non-hydrogen) atoms. The highest BCUT2D eigenvalue weighted by atomic mass is 31.2. The first-order valence-electron chi connectivity index (χ1n) is 12.4. The van der Waals surface area contributed by atoms with Crippen LogP contribution < -0.4 is 9.05 Å². The van der Waals surface area contributed by atoms with Crippen LogP contribution in [0.4, 0.5) is 4.20 Å². The molecule has 0 aliphatic carbocycles. The van der Waals surface area contributed by atoms with Crippen LogP contribution in [0.2, 0.25) is 0 Å². The van der Waals surface area contributed by atoms with Crippen molar-refractivity contribution in [1.82, 2.24) is 0 Å². The van der Waals surface area contributed by atoms with Gasteiger partial charge in [0.15, 0.2) is 0 Å². The summed E-state index contributed by atoms with van der Waals surface area (Å²) in [7, 11) is -2.62. The van der Waals surface area contributed by atoms with Crippen molar-refractivity contribution >= 4 is 8.69 Å². The van der Waals surface area contributed by atoms with Gasteiger partial charge in [-0.2, -0.15) is 0 Å². The smallest absolute Gasteiger partial charge is 0.414 e. The van der Waals surface area contributed by atoms with E-state index in [9.17, 15) is 0 Å². The van der Waals surface area contributed by atoms with Crippen molar-refractivity contribution in [1.29, 1.82) is 0 Å².